The molecule has 0 aliphatic heterocycles. The number of nitro benzene ring substituents is 1. The van der Waals surface area contributed by atoms with Crippen LogP contribution in [0.25, 0.3) is 10.8 Å². The number of anilines is 1. The number of aromatic carboxylic acids is 1. The van der Waals surface area contributed by atoms with Gasteiger partial charge in [-0.05, 0) is 48.5 Å². The fourth-order valence-electron chi connectivity index (χ4n) is 4.50. The van der Waals surface area contributed by atoms with Gasteiger partial charge in [0, 0.05) is 23.1 Å². The van der Waals surface area contributed by atoms with Gasteiger partial charge >= 0.3 is 88.7 Å². The van der Waals surface area contributed by atoms with Crippen molar-refractivity contribution in [3.05, 3.63) is 94.5 Å². The SMILES string of the molecule is Nc1c(N=Nc2ccc([N+](=O)[O-])cc2)c(S(=O)(=O)[O-])cc2c(N=Nc3ccccc3)c(S(=O)(=O)[O-])c(N=Nc3ccc(O)c(C(=O)[O-])c3)c(O)c12.[Na+].[Na+].[Na+]. The summed E-state index contributed by atoms with van der Waals surface area (Å²) < 4.78 is 75.7. The van der Waals surface area contributed by atoms with E-state index in [2.05, 4.69) is 30.7 Å². The summed E-state index contributed by atoms with van der Waals surface area (Å²) in [5.74, 6) is -3.77. The van der Waals surface area contributed by atoms with Crippen LogP contribution in [0.2, 0.25) is 0 Å². The second kappa shape index (κ2) is 18.7. The minimum atomic E-state index is -5.76. The van der Waals surface area contributed by atoms with Gasteiger partial charge in [0.15, 0.2) is 5.75 Å². The van der Waals surface area contributed by atoms with Crippen molar-refractivity contribution in [3.63, 3.8) is 0 Å². The zero-order chi connectivity index (χ0) is 37.2. The fraction of sp³-hybridized carbons (Fsp3) is 0. The van der Waals surface area contributed by atoms with Crippen LogP contribution in [-0.4, -0.2) is 47.0 Å². The average Bonchev–Trinajstić information content (AvgIpc) is 3.06. The van der Waals surface area contributed by atoms with E-state index in [4.69, 9.17) is 5.73 Å². The number of phenolic OH excluding ortho intramolecular Hbond substituents is 1. The topological polar surface area (TPSA) is 338 Å². The van der Waals surface area contributed by atoms with Gasteiger partial charge < -0.3 is 35.0 Å². The van der Waals surface area contributed by atoms with Crippen LogP contribution in [0.1, 0.15) is 10.4 Å². The number of aromatic hydroxyl groups is 2. The van der Waals surface area contributed by atoms with Crippen molar-refractivity contribution in [2.24, 2.45) is 30.7 Å². The van der Waals surface area contributed by atoms with E-state index in [1.165, 1.54) is 24.3 Å². The molecule has 5 aromatic rings. The van der Waals surface area contributed by atoms with Gasteiger partial charge in [0.1, 0.15) is 47.9 Å². The Hall–Kier alpha value is -3.75. The van der Waals surface area contributed by atoms with Crippen molar-refractivity contribution in [2.45, 2.75) is 9.79 Å². The van der Waals surface area contributed by atoms with E-state index in [-0.39, 0.29) is 111 Å². The molecule has 0 amide bonds. The van der Waals surface area contributed by atoms with E-state index >= 15 is 0 Å². The molecule has 0 fully saturated rings. The molecule has 0 spiro atoms. The van der Waals surface area contributed by atoms with Crippen LogP contribution in [0.5, 0.6) is 11.5 Å². The van der Waals surface area contributed by atoms with E-state index in [1.54, 1.807) is 6.07 Å². The van der Waals surface area contributed by atoms with E-state index in [0.29, 0.717) is 6.07 Å². The molecule has 260 valence electrons. The van der Waals surface area contributed by atoms with Crippen LogP contribution in [-0.2, 0) is 20.2 Å². The van der Waals surface area contributed by atoms with E-state index in [9.17, 15) is 56.2 Å². The summed E-state index contributed by atoms with van der Waals surface area (Å²) in [7, 11) is -11.3. The summed E-state index contributed by atoms with van der Waals surface area (Å²) in [6.07, 6.45) is 0. The predicted molar refractivity (Wildman–Crippen MR) is 170 cm³/mol. The number of benzene rings is 5. The van der Waals surface area contributed by atoms with Gasteiger partial charge in [-0.25, -0.2) is 16.8 Å². The summed E-state index contributed by atoms with van der Waals surface area (Å²) in [5, 5.41) is 64.7. The maximum atomic E-state index is 12.8. The molecule has 0 saturated carbocycles. The van der Waals surface area contributed by atoms with Crippen molar-refractivity contribution >= 4 is 82.5 Å². The van der Waals surface area contributed by atoms with Gasteiger partial charge in [-0.15, -0.1) is 15.3 Å². The Morgan fingerprint density at radius 3 is 1.74 bits per heavy atom. The summed E-state index contributed by atoms with van der Waals surface area (Å²) >= 11 is 0. The Balaban J connectivity index is 0.00000336. The molecule has 4 N–H and O–H groups in total. The van der Waals surface area contributed by atoms with Crippen LogP contribution in [0, 0.1) is 10.1 Å². The van der Waals surface area contributed by atoms with Crippen molar-refractivity contribution in [1.82, 2.24) is 0 Å². The summed E-state index contributed by atoms with van der Waals surface area (Å²) in [6.45, 7) is 0. The molecule has 0 radical (unpaired) electrons. The molecule has 0 aliphatic carbocycles. The smallest absolute Gasteiger partial charge is 0.744 e. The van der Waals surface area contributed by atoms with Gasteiger partial charge in [0.05, 0.1) is 43.9 Å². The third-order valence-corrected chi connectivity index (χ3v) is 8.52. The van der Waals surface area contributed by atoms with E-state index in [0.717, 1.165) is 42.5 Å². The molecule has 0 heterocycles. The molecule has 0 bridgehead atoms. The van der Waals surface area contributed by atoms with Crippen LogP contribution in [0.3, 0.4) is 0 Å². The first kappa shape index (κ1) is 46.4. The Bertz CT molecular complexity index is 2580. The first-order chi connectivity index (χ1) is 24.0. The maximum absolute atomic E-state index is 12.8. The number of hydrogen-bond donors (Lipinski definition) is 3. The maximum Gasteiger partial charge on any atom is 1.00 e. The minimum absolute atomic E-state index is 0. The van der Waals surface area contributed by atoms with Gasteiger partial charge in [-0.2, -0.15) is 15.3 Å². The summed E-state index contributed by atoms with van der Waals surface area (Å²) in [4.78, 5) is 19.0. The zero-order valence-corrected chi connectivity index (χ0v) is 35.6. The number of nitrogens with two attached hydrogens (primary N) is 1. The van der Waals surface area contributed by atoms with E-state index in [1.807, 2.05) is 0 Å². The molecular formula is C29H17N8Na3O12S2. The normalized spacial score (nSPS) is 11.7. The molecule has 0 atom stereocenters. The van der Waals surface area contributed by atoms with Crippen LogP contribution in [0.15, 0.2) is 119 Å². The van der Waals surface area contributed by atoms with Gasteiger partial charge in [-0.3, -0.25) is 10.1 Å². The minimum Gasteiger partial charge on any atom is -0.744 e. The number of rotatable bonds is 10. The van der Waals surface area contributed by atoms with Crippen molar-refractivity contribution in [3.8, 4) is 11.5 Å². The quantitative estimate of drug-likeness (QED) is 0.0305. The fourth-order valence-corrected chi connectivity index (χ4v) is 5.91. The molecule has 0 saturated heterocycles. The molecule has 5 rings (SSSR count). The second-order valence-corrected chi connectivity index (χ2v) is 12.7. The number of phenols is 2. The average molecular weight is 803 g/mol. The third kappa shape index (κ3) is 10.3. The zero-order valence-electron chi connectivity index (χ0n) is 28.0. The Labute approximate surface area is 370 Å². The number of non-ortho nitro benzene ring substituents is 1. The number of nitro groups is 1. The van der Waals surface area contributed by atoms with Gasteiger partial charge in [-0.1, -0.05) is 18.2 Å². The predicted octanol–water partition coefficient (Wildman–Crippen LogP) is -3.83. The van der Waals surface area contributed by atoms with Gasteiger partial charge in [0.25, 0.3) is 5.69 Å². The number of carboxylic acids is 1. The Kier molecular flexibility index (Phi) is 16.1. The Morgan fingerprint density at radius 1 is 0.685 bits per heavy atom. The van der Waals surface area contributed by atoms with Crippen LogP contribution >= 0.6 is 0 Å². The standard InChI is InChI=1S/C29H20N8O12S2.3Na/c30-23-22-19(13-21(50(44,45)46)25(23)35-32-15-6-9-17(10-7-15)37(42)43)24(34-31-14-4-2-1-3-5-14)28(51(47,48)49)26(27(22)39)36-33-16-8-11-20(38)18(12-16)29(40)41;;;/h1-13,38-39H,30H2,(H,40,41)(H,44,45,46)(H,47,48,49);;;/q;3*+1/p-3. The summed E-state index contributed by atoms with van der Waals surface area (Å²) in [5.41, 5.74) is 1.05. The number of fused-ring (bicyclic) bond motifs is 1. The van der Waals surface area contributed by atoms with Crippen molar-refractivity contribution in [2.75, 3.05) is 5.73 Å². The van der Waals surface area contributed by atoms with E-state index < -0.39 is 91.5 Å². The monoisotopic (exact) mass is 802 g/mol. The number of nitrogen functional groups attached to an aromatic ring is 1. The molecule has 5 aromatic carbocycles. The largest absolute Gasteiger partial charge is 1.00 e. The molecule has 20 nitrogen and oxygen atoms in total. The number of nitrogens with zero attached hydrogens (tertiary/aromatic N) is 7. The number of carbonyl (C=O) groups excluding carboxylic acids is 1. The first-order valence-corrected chi connectivity index (χ1v) is 16.4. The molecular weight excluding hydrogens is 785 g/mol. The molecule has 25 heteroatoms. The molecule has 0 unspecified atom stereocenters. The van der Waals surface area contributed by atoms with Crippen LogP contribution in [0.4, 0.5) is 45.5 Å². The molecule has 0 aliphatic rings. The number of carboxylic acid groups (broad SMARTS) is 1. The first-order valence-electron chi connectivity index (χ1n) is 13.6. The van der Waals surface area contributed by atoms with Crippen molar-refractivity contribution < 1.29 is 140 Å². The van der Waals surface area contributed by atoms with Crippen LogP contribution < -0.4 is 99.5 Å². The number of carbonyl (C=O) groups is 1. The summed E-state index contributed by atoms with van der Waals surface area (Å²) in [6, 6.07) is 15.0. The molecule has 0 aromatic heterocycles. The third-order valence-electron chi connectivity index (χ3n) is 6.78. The molecule has 54 heavy (non-hydrogen) atoms. The Morgan fingerprint density at radius 2 is 1.20 bits per heavy atom. The van der Waals surface area contributed by atoms with Crippen molar-refractivity contribution in [1.29, 1.82) is 0 Å². The number of azo groups is 3. The second-order valence-electron chi connectivity index (χ2n) is 10.0. The van der Waals surface area contributed by atoms with Gasteiger partial charge in [0.2, 0.25) is 0 Å². The number of hydrogen-bond acceptors (Lipinski definition) is 19.